The summed E-state index contributed by atoms with van der Waals surface area (Å²) < 4.78 is 24.1. The third-order valence-corrected chi connectivity index (χ3v) is 0.0962. The van der Waals surface area contributed by atoms with Crippen LogP contribution in [0.3, 0.4) is 0 Å². The van der Waals surface area contributed by atoms with Gasteiger partial charge in [-0.1, -0.05) is 0 Å². The summed E-state index contributed by atoms with van der Waals surface area (Å²) in [5, 5.41) is 8.89. The molecule has 0 rings (SSSR count). The van der Waals surface area contributed by atoms with Crippen LogP contribution in [-0.4, -0.2) is 25.6 Å². The minimum atomic E-state index is -2.86. The molecule has 11 heavy (non-hydrogen) atoms. The Morgan fingerprint density at radius 2 is 1.55 bits per heavy atom. The minimum Gasteiger partial charge on any atom is -0.750 e. The van der Waals surface area contributed by atoms with Gasteiger partial charge in [-0.2, -0.15) is 0 Å². The predicted molar refractivity (Wildman–Crippen MR) is 22.6 cm³/mol. The van der Waals surface area contributed by atoms with Crippen molar-refractivity contribution in [3.63, 3.8) is 0 Å². The van der Waals surface area contributed by atoms with Gasteiger partial charge in [0.25, 0.3) is 0 Å². The quantitative estimate of drug-likeness (QED) is 0.194. The summed E-state index contributed by atoms with van der Waals surface area (Å²) in [5.74, 6) is -1.68. The molecule has 1 atom stereocenters. The number of carbonyl (C=O) groups excluding carboxylic acids is 2. The molecule has 0 aromatic rings. The standard InChI is InChI=1S/C2H2O3.2Na.H2O3S/c3-1-2(4)5;;;1-4(2)3/h1H,(H,4,5);;;(H2,1,2,3)/q;2*+1;/p-2. The first-order valence-corrected chi connectivity index (χ1v) is 2.48. The molecule has 0 radical (unpaired) electrons. The van der Waals surface area contributed by atoms with Crippen LogP contribution in [0.4, 0.5) is 0 Å². The molecule has 0 spiro atoms. The second-order valence-corrected chi connectivity index (χ2v) is 1.09. The number of rotatable bonds is 1. The maximum absolute atomic E-state index is 8.89. The molecule has 6 nitrogen and oxygen atoms in total. The third-order valence-electron chi connectivity index (χ3n) is 0.0962. The Morgan fingerprint density at radius 1 is 1.45 bits per heavy atom. The van der Waals surface area contributed by atoms with Crippen molar-refractivity contribution in [2.75, 3.05) is 0 Å². The van der Waals surface area contributed by atoms with Crippen LogP contribution in [0.5, 0.6) is 0 Å². The number of carboxylic acid groups (broad SMARTS) is 1. The summed E-state index contributed by atoms with van der Waals surface area (Å²) in [6.07, 6.45) is -0.278. The van der Waals surface area contributed by atoms with Gasteiger partial charge >= 0.3 is 59.1 Å². The molecule has 0 aromatic heterocycles. The molecule has 0 heterocycles. The Balaban J connectivity index is -0.0000000383. The molecule has 0 aliphatic rings. The second-order valence-electron chi connectivity index (χ2n) is 0.654. The Morgan fingerprint density at radius 3 is 1.55 bits per heavy atom. The number of aliphatic carboxylic acids is 1. The van der Waals surface area contributed by atoms with Crippen molar-refractivity contribution in [2.24, 2.45) is 0 Å². The van der Waals surface area contributed by atoms with Crippen LogP contribution in [0.2, 0.25) is 0 Å². The van der Waals surface area contributed by atoms with Crippen molar-refractivity contribution >= 4 is 23.6 Å². The summed E-state index contributed by atoms with van der Waals surface area (Å²) in [6.45, 7) is 0. The number of hydrogen-bond acceptors (Lipinski definition) is 5. The Bertz CT molecular complexity index is 122. The zero-order valence-corrected chi connectivity index (χ0v) is 10.8. The van der Waals surface area contributed by atoms with Crippen molar-refractivity contribution in [1.82, 2.24) is 0 Å². The summed E-state index contributed by atoms with van der Waals surface area (Å²) >= 11 is -2.86. The van der Waals surface area contributed by atoms with Gasteiger partial charge in [-0.05, 0) is 0 Å². The molecular formula is C2H2Na2O6S. The van der Waals surface area contributed by atoms with Crippen molar-refractivity contribution < 1.29 is 87.1 Å². The summed E-state index contributed by atoms with van der Waals surface area (Å²) in [6, 6.07) is 0. The van der Waals surface area contributed by atoms with Gasteiger partial charge < -0.3 is 19.0 Å². The van der Waals surface area contributed by atoms with Gasteiger partial charge in [0.15, 0.2) is 6.29 Å². The normalized spacial score (nSPS) is 8.55. The summed E-state index contributed by atoms with van der Waals surface area (Å²) in [7, 11) is 0. The van der Waals surface area contributed by atoms with Crippen molar-refractivity contribution in [1.29, 1.82) is 0 Å². The predicted octanol–water partition coefficient (Wildman–Crippen LogP) is -8.72. The zero-order chi connectivity index (χ0) is 7.86. The van der Waals surface area contributed by atoms with E-state index in [1.807, 2.05) is 0 Å². The van der Waals surface area contributed by atoms with E-state index in [0.29, 0.717) is 0 Å². The molecule has 1 N–H and O–H groups in total. The number of hydrogen-bond donors (Lipinski definition) is 1. The molecule has 0 aliphatic carbocycles. The zero-order valence-electron chi connectivity index (χ0n) is 5.97. The Hall–Kier alpha value is 1.21. The first-order chi connectivity index (χ1) is 4.00. The van der Waals surface area contributed by atoms with Crippen LogP contribution in [0.1, 0.15) is 0 Å². The van der Waals surface area contributed by atoms with E-state index in [4.69, 9.17) is 28.0 Å². The molecular weight excluding hydrogens is 198 g/mol. The van der Waals surface area contributed by atoms with E-state index in [9.17, 15) is 0 Å². The molecule has 0 saturated carbocycles. The van der Waals surface area contributed by atoms with Crippen LogP contribution in [0.15, 0.2) is 0 Å². The molecule has 1 unspecified atom stereocenters. The molecule has 54 valence electrons. The van der Waals surface area contributed by atoms with E-state index in [0.717, 1.165) is 0 Å². The number of carbonyl (C=O) groups is 2. The van der Waals surface area contributed by atoms with Crippen LogP contribution in [-0.2, 0) is 21.0 Å². The van der Waals surface area contributed by atoms with Crippen LogP contribution < -0.4 is 64.2 Å². The average Bonchev–Trinajstić information content (AvgIpc) is 1.65. The topological polar surface area (TPSA) is 118 Å². The van der Waals surface area contributed by atoms with Gasteiger partial charge in [-0.3, -0.25) is 4.79 Å². The monoisotopic (exact) mass is 200 g/mol. The van der Waals surface area contributed by atoms with E-state index in [1.165, 1.54) is 0 Å². The third kappa shape index (κ3) is 92.3. The SMILES string of the molecule is O=CC(=O)[O-].O=S([O-])O.[Na+].[Na+]. The second kappa shape index (κ2) is 17.3. The molecule has 0 fully saturated rings. The van der Waals surface area contributed by atoms with Gasteiger partial charge in [-0.25, -0.2) is 4.21 Å². The number of carboxylic acids is 1. The fourth-order valence-electron chi connectivity index (χ4n) is 0. The van der Waals surface area contributed by atoms with Crippen LogP contribution in [0.25, 0.3) is 0 Å². The van der Waals surface area contributed by atoms with E-state index in [1.54, 1.807) is 0 Å². The smallest absolute Gasteiger partial charge is 0.750 e. The molecule has 0 aromatic carbocycles. The summed E-state index contributed by atoms with van der Waals surface area (Å²) in [5.41, 5.74) is 0. The number of aldehydes is 1. The van der Waals surface area contributed by atoms with Gasteiger partial charge in [0.2, 0.25) is 0 Å². The van der Waals surface area contributed by atoms with Crippen molar-refractivity contribution in [2.45, 2.75) is 0 Å². The largest absolute Gasteiger partial charge is 1.00 e. The van der Waals surface area contributed by atoms with E-state index in [-0.39, 0.29) is 65.4 Å². The average molecular weight is 200 g/mol. The van der Waals surface area contributed by atoms with Gasteiger partial charge in [-0.15, -0.1) is 0 Å². The van der Waals surface area contributed by atoms with E-state index >= 15 is 0 Å². The molecule has 0 saturated heterocycles. The molecule has 0 bridgehead atoms. The fourth-order valence-corrected chi connectivity index (χ4v) is 0. The van der Waals surface area contributed by atoms with Crippen LogP contribution >= 0.6 is 0 Å². The van der Waals surface area contributed by atoms with Crippen molar-refractivity contribution in [3.05, 3.63) is 0 Å². The van der Waals surface area contributed by atoms with Crippen LogP contribution in [0, 0.1) is 0 Å². The van der Waals surface area contributed by atoms with Gasteiger partial charge in [0, 0.05) is 0 Å². The first-order valence-electron chi connectivity index (χ1n) is 1.45. The van der Waals surface area contributed by atoms with Crippen molar-refractivity contribution in [3.8, 4) is 0 Å². The summed E-state index contributed by atoms with van der Waals surface area (Å²) in [4.78, 5) is 17.7. The Labute approximate surface area is 109 Å². The Kier molecular flexibility index (Phi) is 35.9. The fraction of sp³-hybridized carbons (Fsp3) is 0. The maximum atomic E-state index is 8.89. The van der Waals surface area contributed by atoms with E-state index < -0.39 is 17.3 Å². The molecule has 0 aliphatic heterocycles. The van der Waals surface area contributed by atoms with Gasteiger partial charge in [0.05, 0.1) is 11.4 Å². The molecule has 9 heteroatoms. The maximum Gasteiger partial charge on any atom is 1.00 e. The van der Waals surface area contributed by atoms with Gasteiger partial charge in [0.1, 0.15) is 5.97 Å². The first kappa shape index (κ1) is 22.8. The van der Waals surface area contributed by atoms with E-state index in [2.05, 4.69) is 0 Å². The molecule has 0 amide bonds. The minimum absolute atomic E-state index is 0.